The van der Waals surface area contributed by atoms with Crippen molar-refractivity contribution in [2.75, 3.05) is 7.05 Å². The molecule has 1 rings (SSSR count). The highest BCUT2D eigenvalue weighted by atomic mass is 32.2. The third kappa shape index (κ3) is 4.50. The number of carboxylic acid groups (broad SMARTS) is 1. The molecule has 86 valence electrons. The molecule has 0 saturated heterocycles. The summed E-state index contributed by atoms with van der Waals surface area (Å²) in [6.07, 6.45) is 1.31. The van der Waals surface area contributed by atoms with Gasteiger partial charge in [0.2, 0.25) is 6.08 Å². The lowest BCUT2D eigenvalue weighted by atomic mass is 10.2. The van der Waals surface area contributed by atoms with E-state index in [-0.39, 0.29) is 10.5 Å². The lowest BCUT2D eigenvalue weighted by Crippen LogP contribution is -2.00. The van der Waals surface area contributed by atoms with Crippen molar-refractivity contribution in [1.29, 1.82) is 0 Å². The first-order valence-corrected chi connectivity index (χ1v) is 5.15. The number of benzene rings is 1. The summed E-state index contributed by atoms with van der Waals surface area (Å²) in [5, 5.41) is 8.55. The summed E-state index contributed by atoms with van der Waals surface area (Å²) in [5.41, 5.74) is -0.186. The summed E-state index contributed by atoms with van der Waals surface area (Å²) in [4.78, 5) is 22.1. The lowest BCUT2D eigenvalue weighted by molar-refractivity contribution is 0.0693. The van der Waals surface area contributed by atoms with E-state index in [0.29, 0.717) is 0 Å². The minimum Gasteiger partial charge on any atom is -0.478 e. The van der Waals surface area contributed by atoms with Crippen molar-refractivity contribution in [3.8, 4) is 0 Å². The average molecular weight is 243 g/mol. The molecular weight excluding hydrogens is 234 g/mol. The van der Waals surface area contributed by atoms with Gasteiger partial charge in [-0.1, -0.05) is 12.1 Å². The number of carboxylic acids is 1. The summed E-state index contributed by atoms with van der Waals surface area (Å²) < 4.78 is 21.0. The second-order valence-electron chi connectivity index (χ2n) is 2.39. The molecule has 1 aromatic rings. The number of nitrogens with zero attached hydrogens (tertiary/aromatic N) is 1. The number of aromatic carboxylic acids is 1. The highest BCUT2D eigenvalue weighted by Crippen LogP contribution is 2.09. The van der Waals surface area contributed by atoms with Crippen LogP contribution in [0.5, 0.6) is 0 Å². The highest BCUT2D eigenvalue weighted by Gasteiger charge is 2.09. The van der Waals surface area contributed by atoms with Gasteiger partial charge in [-0.15, -0.1) is 0 Å². The van der Waals surface area contributed by atoms with E-state index in [2.05, 4.69) is 4.99 Å². The fourth-order valence-electron chi connectivity index (χ4n) is 0.814. The molecule has 0 aromatic heterocycles. The van der Waals surface area contributed by atoms with Crippen molar-refractivity contribution in [2.45, 2.75) is 4.90 Å². The Kier molecular flexibility index (Phi) is 6.42. The summed E-state index contributed by atoms with van der Waals surface area (Å²) >= 11 is 0. The maximum absolute atomic E-state index is 10.5. The molecule has 0 aliphatic carbocycles. The number of carbonyl (C=O) groups is 1. The van der Waals surface area contributed by atoms with Gasteiger partial charge in [0.15, 0.2) is 10.7 Å². The second kappa shape index (κ2) is 7.33. The molecule has 7 heteroatoms. The molecule has 0 radical (unpaired) electrons. The Balaban J connectivity index is 0.000000487. The number of carbonyl (C=O) groups excluding carboxylic acids is 1. The van der Waals surface area contributed by atoms with Crippen LogP contribution in [0.3, 0.4) is 0 Å². The maximum atomic E-state index is 10.5. The number of isocyanates is 1. The second-order valence-corrected chi connectivity index (χ2v) is 3.39. The molecule has 6 nitrogen and oxygen atoms in total. The standard InChI is InChI=1S/C7H6O4S.C2H3NO/c8-7(9)5-3-1-2-4-6(5)12(10)11;1-3-2-4/h1-4,12H,(H,8,9);1H3. The lowest BCUT2D eigenvalue weighted by Gasteiger charge is -1.95. The molecule has 0 spiro atoms. The van der Waals surface area contributed by atoms with Crippen LogP contribution in [0.25, 0.3) is 0 Å². The predicted octanol–water partition coefficient (Wildman–Crippen LogP) is 0.307. The van der Waals surface area contributed by atoms with Crippen LogP contribution in [0.1, 0.15) is 10.4 Å². The minimum atomic E-state index is -2.83. The van der Waals surface area contributed by atoms with Crippen LogP contribution >= 0.6 is 0 Å². The van der Waals surface area contributed by atoms with Gasteiger partial charge in [-0.3, -0.25) is 0 Å². The van der Waals surface area contributed by atoms with Crippen molar-refractivity contribution >= 4 is 22.8 Å². The molecule has 0 heterocycles. The van der Waals surface area contributed by atoms with E-state index < -0.39 is 16.7 Å². The molecule has 0 aliphatic rings. The largest absolute Gasteiger partial charge is 0.478 e. The monoisotopic (exact) mass is 243 g/mol. The molecule has 0 bridgehead atoms. The van der Waals surface area contributed by atoms with E-state index in [0.717, 1.165) is 0 Å². The quantitative estimate of drug-likeness (QED) is 0.442. The van der Waals surface area contributed by atoms with Crippen LogP contribution in [0.15, 0.2) is 34.2 Å². The molecule has 0 amide bonds. The number of hydrogen-bond donors (Lipinski definition) is 2. The number of hydrogen-bond acceptors (Lipinski definition) is 5. The Morgan fingerprint density at radius 1 is 1.38 bits per heavy atom. The van der Waals surface area contributed by atoms with Gasteiger partial charge in [-0.2, -0.15) is 0 Å². The SMILES string of the molecule is CN=C=O.O=C(O)c1ccccc1[SH](=O)=O. The molecule has 0 unspecified atom stereocenters. The molecule has 1 aromatic carbocycles. The Bertz CT molecular complexity index is 480. The number of thiol groups is 1. The first-order chi connectivity index (χ1) is 7.54. The molecule has 0 aliphatic heterocycles. The van der Waals surface area contributed by atoms with Crippen LogP contribution < -0.4 is 0 Å². The van der Waals surface area contributed by atoms with Crippen molar-refractivity contribution in [3.05, 3.63) is 29.8 Å². The van der Waals surface area contributed by atoms with Crippen molar-refractivity contribution in [3.63, 3.8) is 0 Å². The summed E-state index contributed by atoms with van der Waals surface area (Å²) in [6, 6.07) is 5.47. The van der Waals surface area contributed by atoms with Gasteiger partial charge in [-0.25, -0.2) is 23.0 Å². The van der Waals surface area contributed by atoms with E-state index in [1.165, 1.54) is 37.4 Å². The van der Waals surface area contributed by atoms with E-state index in [1.54, 1.807) is 0 Å². The maximum Gasteiger partial charge on any atom is 0.337 e. The topological polar surface area (TPSA) is 101 Å². The van der Waals surface area contributed by atoms with Crippen LogP contribution in [-0.4, -0.2) is 32.6 Å². The molecule has 0 fully saturated rings. The van der Waals surface area contributed by atoms with Crippen LogP contribution in [0.2, 0.25) is 0 Å². The van der Waals surface area contributed by atoms with Crippen molar-refractivity contribution in [1.82, 2.24) is 0 Å². The normalized spacial score (nSPS) is 8.62. The summed E-state index contributed by atoms with van der Waals surface area (Å²) in [6.45, 7) is 0. The molecule has 0 atom stereocenters. The van der Waals surface area contributed by atoms with Crippen molar-refractivity contribution in [2.24, 2.45) is 4.99 Å². The Labute approximate surface area is 93.2 Å². The summed E-state index contributed by atoms with van der Waals surface area (Å²) in [5.74, 6) is -1.23. The van der Waals surface area contributed by atoms with Gasteiger partial charge < -0.3 is 5.11 Å². The van der Waals surface area contributed by atoms with Crippen LogP contribution in [0, 0.1) is 0 Å². The summed E-state index contributed by atoms with van der Waals surface area (Å²) in [7, 11) is -1.45. The molecule has 0 saturated carbocycles. The number of rotatable bonds is 2. The van der Waals surface area contributed by atoms with Crippen LogP contribution in [0.4, 0.5) is 0 Å². The van der Waals surface area contributed by atoms with Gasteiger partial charge in [-0.05, 0) is 12.1 Å². The smallest absolute Gasteiger partial charge is 0.337 e. The zero-order valence-electron chi connectivity index (χ0n) is 8.28. The van der Waals surface area contributed by atoms with Gasteiger partial charge in [0.05, 0.1) is 10.5 Å². The van der Waals surface area contributed by atoms with E-state index in [1.807, 2.05) is 0 Å². The van der Waals surface area contributed by atoms with Crippen molar-refractivity contribution < 1.29 is 23.1 Å². The molecular formula is C9H9NO5S. The zero-order valence-corrected chi connectivity index (χ0v) is 9.18. The minimum absolute atomic E-state index is 0.153. The van der Waals surface area contributed by atoms with Gasteiger partial charge in [0.25, 0.3) is 0 Å². The van der Waals surface area contributed by atoms with Gasteiger partial charge in [0.1, 0.15) is 0 Å². The highest BCUT2D eigenvalue weighted by molar-refractivity contribution is 7.72. The average Bonchev–Trinajstić information content (AvgIpc) is 2.29. The first kappa shape index (κ1) is 14.0. The Morgan fingerprint density at radius 3 is 2.19 bits per heavy atom. The van der Waals surface area contributed by atoms with E-state index >= 15 is 0 Å². The molecule has 1 N–H and O–H groups in total. The van der Waals surface area contributed by atoms with Gasteiger partial charge >= 0.3 is 5.97 Å². The van der Waals surface area contributed by atoms with E-state index in [9.17, 15) is 13.2 Å². The fraction of sp³-hybridized carbons (Fsp3) is 0.111. The third-order valence-electron chi connectivity index (χ3n) is 1.42. The zero-order chi connectivity index (χ0) is 12.6. The van der Waals surface area contributed by atoms with E-state index in [4.69, 9.17) is 9.90 Å². The Hall–Kier alpha value is -1.98. The first-order valence-electron chi connectivity index (χ1n) is 3.97. The Morgan fingerprint density at radius 2 is 1.88 bits per heavy atom. The fourth-order valence-corrected chi connectivity index (χ4v) is 1.39. The van der Waals surface area contributed by atoms with Crippen LogP contribution in [-0.2, 0) is 15.5 Å². The third-order valence-corrected chi connectivity index (χ3v) is 2.21. The predicted molar refractivity (Wildman–Crippen MR) is 56.0 cm³/mol. The number of aliphatic imine (C=N–C) groups is 1. The molecule has 16 heavy (non-hydrogen) atoms. The van der Waals surface area contributed by atoms with Gasteiger partial charge in [0, 0.05) is 7.05 Å².